The third-order valence-electron chi connectivity index (χ3n) is 2.47. The summed E-state index contributed by atoms with van der Waals surface area (Å²) >= 11 is 0. The molecule has 0 amide bonds. The van der Waals surface area contributed by atoms with Gasteiger partial charge in [0.15, 0.2) is 0 Å². The summed E-state index contributed by atoms with van der Waals surface area (Å²) < 4.78 is 36.5. The van der Waals surface area contributed by atoms with Crippen molar-refractivity contribution < 1.29 is 13.2 Å². The molecule has 1 atom stereocenters. The van der Waals surface area contributed by atoms with E-state index in [4.69, 9.17) is 5.73 Å². The molecule has 0 aliphatic carbocycles. The molecule has 1 rings (SSSR count). The van der Waals surface area contributed by atoms with Crippen LogP contribution in [0.4, 0.5) is 19.1 Å². The number of nitrogens with two attached hydrogens (primary N) is 1. The predicted molar refractivity (Wildman–Crippen MR) is 63.3 cm³/mol. The van der Waals surface area contributed by atoms with Gasteiger partial charge in [-0.3, -0.25) is 0 Å². The Balaban J connectivity index is 2.65. The van der Waals surface area contributed by atoms with Crippen LogP contribution >= 0.6 is 0 Å². The molecule has 1 aromatic heterocycles. The van der Waals surface area contributed by atoms with E-state index < -0.39 is 12.7 Å². The molecular formula is C11H17F3N4. The molecule has 0 saturated carbocycles. The monoisotopic (exact) mass is 262 g/mol. The Morgan fingerprint density at radius 3 is 2.33 bits per heavy atom. The number of nitrogens with zero attached hydrogens (tertiary/aromatic N) is 3. The van der Waals surface area contributed by atoms with Gasteiger partial charge >= 0.3 is 6.18 Å². The van der Waals surface area contributed by atoms with Crippen LogP contribution in [0.1, 0.15) is 18.9 Å². The minimum Gasteiger partial charge on any atom is -0.335 e. The van der Waals surface area contributed by atoms with Crippen LogP contribution in [0.15, 0.2) is 12.4 Å². The zero-order valence-corrected chi connectivity index (χ0v) is 10.4. The lowest BCUT2D eigenvalue weighted by Crippen LogP contribution is -2.32. The van der Waals surface area contributed by atoms with Gasteiger partial charge < -0.3 is 10.6 Å². The first-order valence-electron chi connectivity index (χ1n) is 5.66. The Kier molecular flexibility index (Phi) is 4.89. The summed E-state index contributed by atoms with van der Waals surface area (Å²) in [6.07, 6.45) is 0.228. The van der Waals surface area contributed by atoms with E-state index >= 15 is 0 Å². The maximum Gasteiger partial charge on any atom is 0.406 e. The van der Waals surface area contributed by atoms with Crippen molar-refractivity contribution in [2.75, 3.05) is 18.5 Å². The van der Waals surface area contributed by atoms with Gasteiger partial charge in [-0.05, 0) is 18.4 Å². The number of aromatic nitrogens is 2. The van der Waals surface area contributed by atoms with Crippen molar-refractivity contribution in [2.45, 2.75) is 32.0 Å². The highest BCUT2D eigenvalue weighted by atomic mass is 19.4. The first kappa shape index (κ1) is 14.7. The van der Waals surface area contributed by atoms with Gasteiger partial charge in [-0.2, -0.15) is 13.2 Å². The lowest BCUT2D eigenvalue weighted by Gasteiger charge is -2.18. The molecule has 0 bridgehead atoms. The minimum absolute atomic E-state index is 0.0207. The fourth-order valence-electron chi connectivity index (χ4n) is 1.44. The molecule has 0 aliphatic rings. The number of hydrogen-bond donors (Lipinski definition) is 1. The average molecular weight is 262 g/mol. The molecule has 0 radical (unpaired) electrons. The molecule has 1 aromatic rings. The summed E-state index contributed by atoms with van der Waals surface area (Å²) in [5.74, 6) is 0.0566. The van der Waals surface area contributed by atoms with Crippen molar-refractivity contribution in [3.8, 4) is 0 Å². The maximum absolute atomic E-state index is 12.2. The van der Waals surface area contributed by atoms with E-state index in [9.17, 15) is 13.2 Å². The van der Waals surface area contributed by atoms with Gasteiger partial charge in [-0.15, -0.1) is 0 Å². The van der Waals surface area contributed by atoms with Crippen molar-refractivity contribution in [1.29, 1.82) is 0 Å². The second kappa shape index (κ2) is 5.99. The fraction of sp³-hybridized carbons (Fsp3) is 0.636. The summed E-state index contributed by atoms with van der Waals surface area (Å²) in [7, 11) is 1.31. The number of halogens is 3. The molecular weight excluding hydrogens is 245 g/mol. The van der Waals surface area contributed by atoms with Gasteiger partial charge in [0.05, 0.1) is 0 Å². The molecule has 102 valence electrons. The zero-order chi connectivity index (χ0) is 13.8. The summed E-state index contributed by atoms with van der Waals surface area (Å²) in [6.45, 7) is 0.901. The average Bonchev–Trinajstić information content (AvgIpc) is 2.27. The van der Waals surface area contributed by atoms with E-state index in [-0.39, 0.29) is 12.0 Å². The van der Waals surface area contributed by atoms with Crippen LogP contribution in [0, 0.1) is 0 Å². The highest BCUT2D eigenvalue weighted by Crippen LogP contribution is 2.18. The molecule has 0 saturated heterocycles. The molecule has 1 heterocycles. The van der Waals surface area contributed by atoms with Crippen LogP contribution < -0.4 is 10.6 Å². The van der Waals surface area contributed by atoms with Gasteiger partial charge in [0.2, 0.25) is 5.95 Å². The van der Waals surface area contributed by atoms with Crippen LogP contribution in [0.3, 0.4) is 0 Å². The number of hydrogen-bond acceptors (Lipinski definition) is 4. The van der Waals surface area contributed by atoms with Gasteiger partial charge in [0, 0.05) is 25.5 Å². The normalized spacial score (nSPS) is 13.4. The molecule has 0 aromatic carbocycles. The van der Waals surface area contributed by atoms with Crippen molar-refractivity contribution >= 4 is 5.95 Å². The van der Waals surface area contributed by atoms with Crippen molar-refractivity contribution in [3.05, 3.63) is 18.0 Å². The SMILES string of the molecule is CCC(N)Cc1cnc(N(C)CC(F)(F)F)nc1. The highest BCUT2D eigenvalue weighted by molar-refractivity contribution is 5.28. The first-order chi connectivity index (χ1) is 8.31. The van der Waals surface area contributed by atoms with Crippen molar-refractivity contribution in [3.63, 3.8) is 0 Å². The smallest absolute Gasteiger partial charge is 0.335 e. The quantitative estimate of drug-likeness (QED) is 0.878. The lowest BCUT2D eigenvalue weighted by atomic mass is 10.1. The van der Waals surface area contributed by atoms with Crippen molar-refractivity contribution in [1.82, 2.24) is 9.97 Å². The predicted octanol–water partition coefficient (Wildman–Crippen LogP) is 1.75. The Labute approximate surface area is 104 Å². The second-order valence-corrected chi connectivity index (χ2v) is 4.24. The number of alkyl halides is 3. The van der Waals surface area contributed by atoms with E-state index in [1.54, 1.807) is 0 Å². The third-order valence-corrected chi connectivity index (χ3v) is 2.47. The summed E-state index contributed by atoms with van der Waals surface area (Å²) in [4.78, 5) is 8.78. The molecule has 0 fully saturated rings. The van der Waals surface area contributed by atoms with Gasteiger partial charge in [-0.25, -0.2) is 9.97 Å². The van der Waals surface area contributed by atoms with Crippen LogP contribution in [0.25, 0.3) is 0 Å². The van der Waals surface area contributed by atoms with E-state index in [1.807, 2.05) is 6.92 Å². The molecule has 18 heavy (non-hydrogen) atoms. The van der Waals surface area contributed by atoms with E-state index in [0.29, 0.717) is 6.42 Å². The zero-order valence-electron chi connectivity index (χ0n) is 10.4. The van der Waals surface area contributed by atoms with Crippen molar-refractivity contribution in [2.24, 2.45) is 5.73 Å². The van der Waals surface area contributed by atoms with E-state index in [2.05, 4.69) is 9.97 Å². The fourth-order valence-corrected chi connectivity index (χ4v) is 1.44. The molecule has 0 spiro atoms. The number of rotatable bonds is 5. The molecule has 2 N–H and O–H groups in total. The molecule has 0 aliphatic heterocycles. The number of anilines is 1. The van der Waals surface area contributed by atoms with Gasteiger partial charge in [-0.1, -0.05) is 6.92 Å². The van der Waals surface area contributed by atoms with Gasteiger partial charge in [0.25, 0.3) is 0 Å². The largest absolute Gasteiger partial charge is 0.406 e. The standard InChI is InChI=1S/C11H17F3N4/c1-3-9(15)4-8-5-16-10(17-6-8)18(2)7-11(12,13)14/h5-6,9H,3-4,7,15H2,1-2H3. The Bertz CT molecular complexity index is 364. The summed E-state index contributed by atoms with van der Waals surface area (Å²) in [5, 5.41) is 0. The summed E-state index contributed by atoms with van der Waals surface area (Å²) in [6, 6.07) is 0.0207. The van der Waals surface area contributed by atoms with Gasteiger partial charge in [0.1, 0.15) is 6.54 Å². The molecule has 4 nitrogen and oxygen atoms in total. The highest BCUT2D eigenvalue weighted by Gasteiger charge is 2.30. The summed E-state index contributed by atoms with van der Waals surface area (Å²) in [5.41, 5.74) is 6.60. The minimum atomic E-state index is -4.26. The second-order valence-electron chi connectivity index (χ2n) is 4.24. The lowest BCUT2D eigenvalue weighted by molar-refractivity contribution is -0.119. The Morgan fingerprint density at radius 2 is 1.89 bits per heavy atom. The Morgan fingerprint density at radius 1 is 1.33 bits per heavy atom. The Hall–Kier alpha value is -1.37. The van der Waals surface area contributed by atoms with E-state index in [0.717, 1.165) is 16.9 Å². The first-order valence-corrected chi connectivity index (χ1v) is 5.66. The van der Waals surface area contributed by atoms with Crippen LogP contribution in [0.5, 0.6) is 0 Å². The molecule has 1 unspecified atom stereocenters. The third kappa shape index (κ3) is 4.87. The molecule has 7 heteroatoms. The van der Waals surface area contributed by atoms with E-state index in [1.165, 1.54) is 19.4 Å². The van der Waals surface area contributed by atoms with Crippen LogP contribution in [-0.2, 0) is 6.42 Å². The maximum atomic E-state index is 12.2. The van der Waals surface area contributed by atoms with Crippen LogP contribution in [-0.4, -0.2) is 35.8 Å². The van der Waals surface area contributed by atoms with Crippen LogP contribution in [0.2, 0.25) is 0 Å². The topological polar surface area (TPSA) is 55.0 Å².